The lowest BCUT2D eigenvalue weighted by atomic mass is 10.2. The van der Waals surface area contributed by atoms with Gasteiger partial charge in [-0.1, -0.05) is 6.92 Å². The molecule has 0 saturated carbocycles. The van der Waals surface area contributed by atoms with Crippen molar-refractivity contribution < 1.29 is 9.90 Å². The maximum Gasteiger partial charge on any atom is 0.337 e. The zero-order valence-electron chi connectivity index (χ0n) is 10.1. The van der Waals surface area contributed by atoms with Crippen LogP contribution >= 0.6 is 0 Å². The smallest absolute Gasteiger partial charge is 0.337 e. The molecule has 0 bridgehead atoms. The van der Waals surface area contributed by atoms with E-state index < -0.39 is 5.97 Å². The van der Waals surface area contributed by atoms with Gasteiger partial charge in [0, 0.05) is 38.1 Å². The maximum absolute atomic E-state index is 10.4. The Bertz CT molecular complexity index is 323. The molecule has 0 spiro atoms. The minimum atomic E-state index is -0.930. The molecule has 94 valence electrons. The fraction of sp³-hybridized carbons (Fsp3) is 0.500. The summed E-state index contributed by atoms with van der Waals surface area (Å²) >= 11 is 0. The summed E-state index contributed by atoms with van der Waals surface area (Å²) in [7, 11) is 0. The molecule has 2 heterocycles. The predicted octanol–water partition coefficient (Wildman–Crippen LogP) is 0.521. The average Bonchev–Trinajstić information content (AvgIpc) is 2.41. The monoisotopic (exact) mass is 237 g/mol. The first-order valence-electron chi connectivity index (χ1n) is 5.83. The summed E-state index contributed by atoms with van der Waals surface area (Å²) in [6.07, 6.45) is 2.21. The molecular formula is C12H19N3O2. The fourth-order valence-electron chi connectivity index (χ4n) is 1.36. The molecule has 17 heavy (non-hydrogen) atoms. The van der Waals surface area contributed by atoms with Gasteiger partial charge in [-0.2, -0.15) is 0 Å². The third kappa shape index (κ3) is 5.42. The molecule has 1 aliphatic heterocycles. The second-order valence-electron chi connectivity index (χ2n) is 3.70. The molecule has 1 aromatic heterocycles. The van der Waals surface area contributed by atoms with Gasteiger partial charge in [0.15, 0.2) is 0 Å². The molecule has 2 rings (SSSR count). The maximum atomic E-state index is 10.4. The minimum Gasteiger partial charge on any atom is -0.478 e. The van der Waals surface area contributed by atoms with Crippen LogP contribution in [0.5, 0.6) is 0 Å². The number of aryl methyl sites for hydroxylation is 1. The van der Waals surface area contributed by atoms with E-state index in [4.69, 9.17) is 5.11 Å². The van der Waals surface area contributed by atoms with Crippen LogP contribution in [0.1, 0.15) is 23.0 Å². The number of carboxylic acid groups (broad SMARTS) is 1. The summed E-state index contributed by atoms with van der Waals surface area (Å²) in [6, 6.07) is 3.29. The molecule has 3 N–H and O–H groups in total. The van der Waals surface area contributed by atoms with E-state index in [1.807, 2.05) is 6.92 Å². The highest BCUT2D eigenvalue weighted by molar-refractivity contribution is 5.87. The normalized spacial score (nSPS) is 14.6. The SMILES string of the molecule is C1CNCCN1.CCc1ccc(C(=O)O)cn1. The first kappa shape index (κ1) is 13.6. The first-order valence-corrected chi connectivity index (χ1v) is 5.83. The van der Waals surface area contributed by atoms with Crippen molar-refractivity contribution in [2.75, 3.05) is 26.2 Å². The van der Waals surface area contributed by atoms with E-state index in [1.54, 1.807) is 12.1 Å². The molecule has 1 fully saturated rings. The van der Waals surface area contributed by atoms with E-state index in [2.05, 4.69) is 15.6 Å². The van der Waals surface area contributed by atoms with Crippen molar-refractivity contribution in [2.45, 2.75) is 13.3 Å². The predicted molar refractivity (Wildman–Crippen MR) is 66.3 cm³/mol. The topological polar surface area (TPSA) is 74.2 Å². The van der Waals surface area contributed by atoms with E-state index in [0.717, 1.165) is 38.3 Å². The number of nitrogens with zero attached hydrogens (tertiary/aromatic N) is 1. The van der Waals surface area contributed by atoms with Crippen LogP contribution in [-0.2, 0) is 6.42 Å². The highest BCUT2D eigenvalue weighted by Crippen LogP contribution is 2.00. The van der Waals surface area contributed by atoms with Crippen LogP contribution in [0.3, 0.4) is 0 Å². The van der Waals surface area contributed by atoms with Gasteiger partial charge in [0.25, 0.3) is 0 Å². The van der Waals surface area contributed by atoms with Crippen molar-refractivity contribution in [3.05, 3.63) is 29.6 Å². The lowest BCUT2D eigenvalue weighted by molar-refractivity contribution is 0.0696. The molecule has 0 unspecified atom stereocenters. The van der Waals surface area contributed by atoms with Gasteiger partial charge < -0.3 is 15.7 Å². The Morgan fingerprint density at radius 1 is 1.29 bits per heavy atom. The van der Waals surface area contributed by atoms with Gasteiger partial charge in [0.1, 0.15) is 0 Å². The van der Waals surface area contributed by atoms with Crippen molar-refractivity contribution in [1.82, 2.24) is 15.6 Å². The standard InChI is InChI=1S/C8H9NO2.C4H10N2/c1-2-7-4-3-6(5-9-7)8(10)11;1-2-6-4-3-5-1/h3-5H,2H2,1H3,(H,10,11);5-6H,1-4H2. The highest BCUT2D eigenvalue weighted by Gasteiger charge is 2.00. The fourth-order valence-corrected chi connectivity index (χ4v) is 1.36. The Labute approximate surface area is 101 Å². The molecule has 0 atom stereocenters. The van der Waals surface area contributed by atoms with E-state index in [9.17, 15) is 4.79 Å². The van der Waals surface area contributed by atoms with Crippen molar-refractivity contribution in [3.8, 4) is 0 Å². The molecular weight excluding hydrogens is 218 g/mol. The lowest BCUT2D eigenvalue weighted by Crippen LogP contribution is -2.39. The summed E-state index contributed by atoms with van der Waals surface area (Å²) in [5, 5.41) is 15.0. The molecule has 1 aliphatic rings. The van der Waals surface area contributed by atoms with E-state index in [1.165, 1.54) is 6.20 Å². The van der Waals surface area contributed by atoms with Gasteiger partial charge in [-0.15, -0.1) is 0 Å². The Hall–Kier alpha value is -1.46. The Morgan fingerprint density at radius 2 is 1.88 bits per heavy atom. The third-order valence-corrected chi connectivity index (χ3v) is 2.39. The molecule has 5 heteroatoms. The first-order chi connectivity index (χ1) is 8.24. The second-order valence-corrected chi connectivity index (χ2v) is 3.70. The molecule has 0 aromatic carbocycles. The molecule has 5 nitrogen and oxygen atoms in total. The van der Waals surface area contributed by atoms with Gasteiger partial charge in [0.2, 0.25) is 0 Å². The highest BCUT2D eigenvalue weighted by atomic mass is 16.4. The molecule has 1 saturated heterocycles. The van der Waals surface area contributed by atoms with Gasteiger partial charge >= 0.3 is 5.97 Å². The Kier molecular flexibility index (Phi) is 6.21. The summed E-state index contributed by atoms with van der Waals surface area (Å²) in [4.78, 5) is 14.3. The van der Waals surface area contributed by atoms with Crippen LogP contribution in [0, 0.1) is 0 Å². The van der Waals surface area contributed by atoms with Crippen molar-refractivity contribution in [3.63, 3.8) is 0 Å². The number of carbonyl (C=O) groups is 1. The summed E-state index contributed by atoms with van der Waals surface area (Å²) in [5.74, 6) is -0.930. The van der Waals surface area contributed by atoms with Crippen molar-refractivity contribution in [2.24, 2.45) is 0 Å². The number of carboxylic acids is 1. The van der Waals surface area contributed by atoms with Crippen LogP contribution in [0.15, 0.2) is 18.3 Å². The van der Waals surface area contributed by atoms with Crippen LogP contribution < -0.4 is 10.6 Å². The van der Waals surface area contributed by atoms with Crippen LogP contribution in [-0.4, -0.2) is 42.2 Å². The minimum absolute atomic E-state index is 0.238. The van der Waals surface area contributed by atoms with Gasteiger partial charge in [-0.3, -0.25) is 4.98 Å². The Morgan fingerprint density at radius 3 is 2.18 bits per heavy atom. The van der Waals surface area contributed by atoms with Gasteiger partial charge in [-0.25, -0.2) is 4.79 Å². The summed E-state index contributed by atoms with van der Waals surface area (Å²) in [5.41, 5.74) is 1.15. The zero-order valence-corrected chi connectivity index (χ0v) is 10.1. The number of aromatic carboxylic acids is 1. The zero-order chi connectivity index (χ0) is 12.5. The molecule has 0 radical (unpaired) electrons. The van der Waals surface area contributed by atoms with Gasteiger partial charge in [-0.05, 0) is 18.6 Å². The van der Waals surface area contributed by atoms with E-state index in [-0.39, 0.29) is 5.56 Å². The summed E-state index contributed by atoms with van der Waals surface area (Å²) < 4.78 is 0. The Balaban J connectivity index is 0.000000202. The van der Waals surface area contributed by atoms with Crippen LogP contribution in [0.2, 0.25) is 0 Å². The average molecular weight is 237 g/mol. The molecule has 0 amide bonds. The van der Waals surface area contributed by atoms with Crippen LogP contribution in [0.4, 0.5) is 0 Å². The summed E-state index contributed by atoms with van der Waals surface area (Å²) in [6.45, 7) is 6.53. The second kappa shape index (κ2) is 7.76. The molecule has 1 aromatic rings. The number of hydrogen-bond donors (Lipinski definition) is 3. The lowest BCUT2D eigenvalue weighted by Gasteiger charge is -2.11. The quantitative estimate of drug-likeness (QED) is 0.699. The van der Waals surface area contributed by atoms with Crippen molar-refractivity contribution >= 4 is 5.97 Å². The molecule has 0 aliphatic carbocycles. The van der Waals surface area contributed by atoms with E-state index >= 15 is 0 Å². The number of rotatable bonds is 2. The number of nitrogens with one attached hydrogen (secondary N) is 2. The third-order valence-electron chi connectivity index (χ3n) is 2.39. The number of pyridine rings is 1. The van der Waals surface area contributed by atoms with Crippen molar-refractivity contribution in [1.29, 1.82) is 0 Å². The number of hydrogen-bond acceptors (Lipinski definition) is 4. The van der Waals surface area contributed by atoms with E-state index in [0.29, 0.717) is 0 Å². The number of piperazine rings is 1. The largest absolute Gasteiger partial charge is 0.478 e. The van der Waals surface area contributed by atoms with Crippen LogP contribution in [0.25, 0.3) is 0 Å². The number of aromatic nitrogens is 1. The van der Waals surface area contributed by atoms with Gasteiger partial charge in [0.05, 0.1) is 5.56 Å².